The summed E-state index contributed by atoms with van der Waals surface area (Å²) in [5.74, 6) is -1.04. The molecule has 98 valence electrons. The third-order valence-corrected chi connectivity index (χ3v) is 2.90. The molecule has 0 fully saturated rings. The SMILES string of the molecule is COC(=O)c1nc(-c2ccc(F)cc2)cc(N)c1Cl. The van der Waals surface area contributed by atoms with Crippen LogP contribution in [0.5, 0.6) is 0 Å². The molecule has 0 unspecified atom stereocenters. The molecule has 0 radical (unpaired) electrons. The van der Waals surface area contributed by atoms with Crippen LogP contribution in [-0.4, -0.2) is 18.1 Å². The highest BCUT2D eigenvalue weighted by Gasteiger charge is 2.17. The van der Waals surface area contributed by atoms with Gasteiger partial charge in [-0.1, -0.05) is 11.6 Å². The highest BCUT2D eigenvalue weighted by atomic mass is 35.5. The molecule has 19 heavy (non-hydrogen) atoms. The van der Waals surface area contributed by atoms with Gasteiger partial charge in [0.1, 0.15) is 5.82 Å². The summed E-state index contributed by atoms with van der Waals surface area (Å²) in [6.45, 7) is 0. The fourth-order valence-electron chi connectivity index (χ4n) is 1.55. The van der Waals surface area contributed by atoms with Crippen LogP contribution in [0.4, 0.5) is 10.1 Å². The number of hydrogen-bond acceptors (Lipinski definition) is 4. The molecule has 0 aliphatic carbocycles. The zero-order chi connectivity index (χ0) is 14.0. The number of nitrogen functional groups attached to an aromatic ring is 1. The number of hydrogen-bond donors (Lipinski definition) is 1. The van der Waals surface area contributed by atoms with Crippen LogP contribution in [0.2, 0.25) is 5.02 Å². The minimum Gasteiger partial charge on any atom is -0.464 e. The number of halogens is 2. The Hall–Kier alpha value is -2.14. The standard InChI is InChI=1S/C13H10ClFN2O2/c1-19-13(18)12-11(14)9(16)6-10(17-12)7-2-4-8(15)5-3-7/h2-6H,1H3,(H2,16,17). The van der Waals surface area contributed by atoms with Gasteiger partial charge in [-0.2, -0.15) is 0 Å². The Morgan fingerprint density at radius 3 is 2.58 bits per heavy atom. The summed E-state index contributed by atoms with van der Waals surface area (Å²) < 4.78 is 17.4. The molecule has 2 N–H and O–H groups in total. The van der Waals surface area contributed by atoms with Crippen molar-refractivity contribution in [2.45, 2.75) is 0 Å². The van der Waals surface area contributed by atoms with E-state index in [-0.39, 0.29) is 22.2 Å². The monoisotopic (exact) mass is 280 g/mol. The number of rotatable bonds is 2. The lowest BCUT2D eigenvalue weighted by atomic mass is 10.1. The van der Waals surface area contributed by atoms with E-state index in [0.717, 1.165) is 0 Å². The second-order valence-corrected chi connectivity index (χ2v) is 4.14. The van der Waals surface area contributed by atoms with Crippen LogP contribution in [0.1, 0.15) is 10.5 Å². The predicted molar refractivity (Wildman–Crippen MR) is 70.4 cm³/mol. The maximum atomic E-state index is 12.9. The third-order valence-electron chi connectivity index (χ3n) is 2.50. The predicted octanol–water partition coefficient (Wildman–Crippen LogP) is 2.91. The Labute approximate surface area is 114 Å². The molecule has 4 nitrogen and oxygen atoms in total. The minimum atomic E-state index is -0.680. The molecule has 0 amide bonds. The largest absolute Gasteiger partial charge is 0.464 e. The van der Waals surface area contributed by atoms with E-state index in [4.69, 9.17) is 17.3 Å². The molecule has 0 saturated carbocycles. The maximum absolute atomic E-state index is 12.9. The van der Waals surface area contributed by atoms with Crippen molar-refractivity contribution in [1.29, 1.82) is 0 Å². The van der Waals surface area contributed by atoms with Gasteiger partial charge >= 0.3 is 5.97 Å². The van der Waals surface area contributed by atoms with E-state index in [9.17, 15) is 9.18 Å². The molecule has 6 heteroatoms. The van der Waals surface area contributed by atoms with E-state index in [1.807, 2.05) is 0 Å². The van der Waals surface area contributed by atoms with Crippen LogP contribution >= 0.6 is 11.6 Å². The summed E-state index contributed by atoms with van der Waals surface area (Å²) in [6.07, 6.45) is 0. The highest BCUT2D eigenvalue weighted by molar-refractivity contribution is 6.35. The second kappa shape index (κ2) is 5.24. The van der Waals surface area contributed by atoms with E-state index in [2.05, 4.69) is 9.72 Å². The van der Waals surface area contributed by atoms with Gasteiger partial charge < -0.3 is 10.5 Å². The van der Waals surface area contributed by atoms with Gasteiger partial charge in [0.15, 0.2) is 5.69 Å². The number of ether oxygens (including phenoxy) is 1. The molecule has 1 heterocycles. The smallest absolute Gasteiger partial charge is 0.358 e. The molecule has 0 aliphatic heterocycles. The molecule has 1 aromatic heterocycles. The van der Waals surface area contributed by atoms with E-state index in [0.29, 0.717) is 11.3 Å². The first kappa shape index (κ1) is 13.3. The summed E-state index contributed by atoms with van der Waals surface area (Å²) in [4.78, 5) is 15.6. The normalized spacial score (nSPS) is 10.3. The lowest BCUT2D eigenvalue weighted by molar-refractivity contribution is 0.0594. The van der Waals surface area contributed by atoms with Crippen molar-refractivity contribution in [3.8, 4) is 11.3 Å². The number of carbonyl (C=O) groups is 1. The van der Waals surface area contributed by atoms with Crippen LogP contribution in [0.15, 0.2) is 30.3 Å². The van der Waals surface area contributed by atoms with Gasteiger partial charge in [-0.3, -0.25) is 0 Å². The van der Waals surface area contributed by atoms with Crippen LogP contribution < -0.4 is 5.73 Å². The van der Waals surface area contributed by atoms with Gasteiger partial charge in [0.05, 0.1) is 23.5 Å². The average Bonchev–Trinajstić information content (AvgIpc) is 2.41. The van der Waals surface area contributed by atoms with Crippen LogP contribution in [0, 0.1) is 5.82 Å². The maximum Gasteiger partial charge on any atom is 0.358 e. The number of esters is 1. The van der Waals surface area contributed by atoms with Gasteiger partial charge in [0.2, 0.25) is 0 Å². The van der Waals surface area contributed by atoms with E-state index < -0.39 is 5.97 Å². The van der Waals surface area contributed by atoms with Gasteiger partial charge in [-0.25, -0.2) is 14.2 Å². The van der Waals surface area contributed by atoms with E-state index >= 15 is 0 Å². The second-order valence-electron chi connectivity index (χ2n) is 3.76. The first-order valence-corrected chi connectivity index (χ1v) is 5.71. The molecule has 0 bridgehead atoms. The first-order valence-electron chi connectivity index (χ1n) is 5.33. The number of nitrogens with zero attached hydrogens (tertiary/aromatic N) is 1. The molecule has 0 spiro atoms. The number of aromatic nitrogens is 1. The van der Waals surface area contributed by atoms with Crippen molar-refractivity contribution < 1.29 is 13.9 Å². The quantitative estimate of drug-likeness (QED) is 0.859. The molecular weight excluding hydrogens is 271 g/mol. The van der Waals surface area contributed by atoms with Gasteiger partial charge in [0.25, 0.3) is 0 Å². The van der Waals surface area contributed by atoms with Gasteiger partial charge in [-0.05, 0) is 30.3 Å². The summed E-state index contributed by atoms with van der Waals surface area (Å²) >= 11 is 5.90. The number of methoxy groups -OCH3 is 1. The highest BCUT2D eigenvalue weighted by Crippen LogP contribution is 2.28. The molecule has 2 aromatic rings. The van der Waals surface area contributed by atoms with E-state index in [1.54, 1.807) is 0 Å². The van der Waals surface area contributed by atoms with Gasteiger partial charge in [0, 0.05) is 5.56 Å². The van der Waals surface area contributed by atoms with Crippen molar-refractivity contribution in [2.75, 3.05) is 12.8 Å². The van der Waals surface area contributed by atoms with E-state index in [1.165, 1.54) is 37.4 Å². The summed E-state index contributed by atoms with van der Waals surface area (Å²) in [5.41, 5.74) is 6.91. The Morgan fingerprint density at radius 1 is 1.37 bits per heavy atom. The van der Waals surface area contributed by atoms with Gasteiger partial charge in [-0.15, -0.1) is 0 Å². The third kappa shape index (κ3) is 2.66. The summed E-state index contributed by atoms with van der Waals surface area (Å²) in [6, 6.07) is 7.17. The fourth-order valence-corrected chi connectivity index (χ4v) is 1.72. The zero-order valence-electron chi connectivity index (χ0n) is 9.98. The number of nitrogens with two attached hydrogens (primary N) is 1. The lowest BCUT2D eigenvalue weighted by Gasteiger charge is -2.08. The topological polar surface area (TPSA) is 65.2 Å². The molecule has 0 atom stereocenters. The Bertz CT molecular complexity index is 629. The molecule has 0 saturated heterocycles. The number of anilines is 1. The molecule has 0 aliphatic rings. The molecule has 1 aromatic carbocycles. The van der Waals surface area contributed by atoms with Crippen molar-refractivity contribution in [3.63, 3.8) is 0 Å². The zero-order valence-corrected chi connectivity index (χ0v) is 10.7. The average molecular weight is 281 g/mol. The fraction of sp³-hybridized carbons (Fsp3) is 0.0769. The molecular formula is C13H10ClFN2O2. The Balaban J connectivity index is 2.56. The van der Waals surface area contributed by atoms with Crippen LogP contribution in [-0.2, 0) is 4.74 Å². The van der Waals surface area contributed by atoms with Crippen molar-refractivity contribution in [3.05, 3.63) is 46.9 Å². The summed E-state index contributed by atoms with van der Waals surface area (Å²) in [7, 11) is 1.22. The minimum absolute atomic E-state index is 0.0395. The Morgan fingerprint density at radius 2 is 2.00 bits per heavy atom. The number of carbonyl (C=O) groups excluding carboxylic acids is 1. The number of pyridine rings is 1. The van der Waals surface area contributed by atoms with Crippen LogP contribution in [0.25, 0.3) is 11.3 Å². The van der Waals surface area contributed by atoms with Crippen molar-refractivity contribution >= 4 is 23.3 Å². The summed E-state index contributed by atoms with van der Waals surface area (Å²) in [5, 5.41) is 0.0395. The lowest BCUT2D eigenvalue weighted by Crippen LogP contribution is -2.08. The number of benzene rings is 1. The van der Waals surface area contributed by atoms with Crippen molar-refractivity contribution in [1.82, 2.24) is 4.98 Å². The van der Waals surface area contributed by atoms with Crippen LogP contribution in [0.3, 0.4) is 0 Å². The first-order chi connectivity index (χ1) is 9.02. The Kier molecular flexibility index (Phi) is 3.66. The molecule has 2 rings (SSSR count). The van der Waals surface area contributed by atoms with Crippen molar-refractivity contribution in [2.24, 2.45) is 0 Å².